The molecule has 0 fully saturated rings. The molecule has 0 spiro atoms. The molecule has 5 heteroatoms. The van der Waals surface area contributed by atoms with Crippen LogP contribution in [0.5, 0.6) is 0 Å². The van der Waals surface area contributed by atoms with E-state index < -0.39 is 5.91 Å². The quantitative estimate of drug-likeness (QED) is 0.671. The fourth-order valence-corrected chi connectivity index (χ4v) is 1.23. The lowest BCUT2D eigenvalue weighted by atomic mass is 10.1. The highest BCUT2D eigenvalue weighted by atomic mass is 16.1. The Labute approximate surface area is 76.2 Å². The average molecular weight is 180 g/mol. The van der Waals surface area contributed by atoms with E-state index in [1.54, 1.807) is 6.92 Å². The van der Waals surface area contributed by atoms with Gasteiger partial charge in [-0.15, -0.1) is 0 Å². The fraction of sp³-hybridized carbons (Fsp3) is 0.375. The molecule has 1 amide bonds. The van der Waals surface area contributed by atoms with Crippen molar-refractivity contribution in [2.24, 2.45) is 5.73 Å². The number of hydrogen-bond donors (Lipinski definition) is 2. The first kappa shape index (κ1) is 9.44. The largest absolute Gasteiger partial charge is 0.368 e. The Morgan fingerprint density at radius 1 is 1.46 bits per heavy atom. The Kier molecular flexibility index (Phi) is 2.46. The van der Waals surface area contributed by atoms with Gasteiger partial charge in [0.05, 0.1) is 17.0 Å². The van der Waals surface area contributed by atoms with E-state index in [-0.39, 0.29) is 5.95 Å². The second kappa shape index (κ2) is 3.38. The summed E-state index contributed by atoms with van der Waals surface area (Å²) in [4.78, 5) is 18.8. The number of nitrogen functional groups attached to an aromatic ring is 1. The smallest absolute Gasteiger partial charge is 0.252 e. The molecular weight excluding hydrogens is 168 g/mol. The zero-order valence-corrected chi connectivity index (χ0v) is 7.66. The molecule has 0 unspecified atom stereocenters. The van der Waals surface area contributed by atoms with Gasteiger partial charge in [0.25, 0.3) is 5.91 Å². The van der Waals surface area contributed by atoms with Gasteiger partial charge in [-0.3, -0.25) is 4.79 Å². The number of carbonyl (C=O) groups is 1. The summed E-state index contributed by atoms with van der Waals surface area (Å²) in [6.45, 7) is 3.57. The molecule has 0 aliphatic carbocycles. The van der Waals surface area contributed by atoms with Crippen LogP contribution in [-0.2, 0) is 6.42 Å². The summed E-state index contributed by atoms with van der Waals surface area (Å²) in [5, 5.41) is 0. The van der Waals surface area contributed by atoms with Crippen LogP contribution in [0.1, 0.15) is 28.7 Å². The van der Waals surface area contributed by atoms with E-state index in [0.29, 0.717) is 23.4 Å². The van der Waals surface area contributed by atoms with Gasteiger partial charge in [0.2, 0.25) is 5.95 Å². The van der Waals surface area contributed by atoms with Crippen molar-refractivity contribution in [3.05, 3.63) is 17.0 Å². The number of aromatic nitrogens is 2. The van der Waals surface area contributed by atoms with E-state index in [1.807, 2.05) is 6.92 Å². The molecule has 0 saturated carbocycles. The highest BCUT2D eigenvalue weighted by molar-refractivity contribution is 5.95. The topological polar surface area (TPSA) is 94.9 Å². The molecule has 0 aliphatic rings. The van der Waals surface area contributed by atoms with Gasteiger partial charge >= 0.3 is 0 Å². The van der Waals surface area contributed by atoms with Gasteiger partial charge in [-0.1, -0.05) is 6.92 Å². The third-order valence-electron chi connectivity index (χ3n) is 1.76. The number of rotatable bonds is 2. The summed E-state index contributed by atoms with van der Waals surface area (Å²) in [7, 11) is 0. The van der Waals surface area contributed by atoms with Gasteiger partial charge < -0.3 is 11.5 Å². The van der Waals surface area contributed by atoms with Gasteiger partial charge in [-0.25, -0.2) is 9.97 Å². The third kappa shape index (κ3) is 1.74. The Bertz CT molecular complexity index is 348. The van der Waals surface area contributed by atoms with Crippen LogP contribution in [0.25, 0.3) is 0 Å². The maximum Gasteiger partial charge on any atom is 0.252 e. The molecule has 1 aromatic heterocycles. The highest BCUT2D eigenvalue weighted by Crippen LogP contribution is 2.11. The second-order valence-electron chi connectivity index (χ2n) is 2.71. The molecule has 13 heavy (non-hydrogen) atoms. The van der Waals surface area contributed by atoms with Gasteiger partial charge in [0.15, 0.2) is 0 Å². The summed E-state index contributed by atoms with van der Waals surface area (Å²) < 4.78 is 0. The lowest BCUT2D eigenvalue weighted by molar-refractivity contribution is 0.0998. The number of anilines is 1. The number of carbonyl (C=O) groups excluding carboxylic acids is 1. The molecule has 0 saturated heterocycles. The Morgan fingerprint density at radius 3 is 2.54 bits per heavy atom. The molecule has 1 rings (SSSR count). The zero-order chi connectivity index (χ0) is 10.0. The van der Waals surface area contributed by atoms with E-state index >= 15 is 0 Å². The standard InChI is InChI=1S/C8H12N4O/c1-3-5-6(7(9)13)4(2)11-8(10)12-5/h3H2,1-2H3,(H2,9,13)(H2,10,11,12). The van der Waals surface area contributed by atoms with Crippen LogP contribution in [0, 0.1) is 6.92 Å². The second-order valence-corrected chi connectivity index (χ2v) is 2.71. The van der Waals surface area contributed by atoms with Crippen molar-refractivity contribution in [1.82, 2.24) is 9.97 Å². The first-order valence-electron chi connectivity index (χ1n) is 3.99. The van der Waals surface area contributed by atoms with E-state index in [9.17, 15) is 4.79 Å². The minimum Gasteiger partial charge on any atom is -0.368 e. The first-order valence-corrected chi connectivity index (χ1v) is 3.99. The molecular formula is C8H12N4O. The molecule has 70 valence electrons. The summed E-state index contributed by atoms with van der Waals surface area (Å²) in [6.07, 6.45) is 0.617. The molecule has 0 aromatic carbocycles. The van der Waals surface area contributed by atoms with Crippen LogP contribution in [0.3, 0.4) is 0 Å². The Hall–Kier alpha value is -1.65. The summed E-state index contributed by atoms with van der Waals surface area (Å²) in [5.41, 5.74) is 12.1. The fourth-order valence-electron chi connectivity index (χ4n) is 1.23. The number of nitrogens with two attached hydrogens (primary N) is 2. The molecule has 0 bridgehead atoms. The lowest BCUT2D eigenvalue weighted by Crippen LogP contribution is -2.18. The van der Waals surface area contributed by atoms with E-state index in [0.717, 1.165) is 0 Å². The van der Waals surface area contributed by atoms with Crippen molar-refractivity contribution in [2.75, 3.05) is 5.73 Å². The summed E-state index contributed by atoms with van der Waals surface area (Å²) in [5.74, 6) is -0.325. The Balaban J connectivity index is 3.38. The van der Waals surface area contributed by atoms with Crippen molar-refractivity contribution < 1.29 is 4.79 Å². The van der Waals surface area contributed by atoms with Crippen LogP contribution >= 0.6 is 0 Å². The van der Waals surface area contributed by atoms with Crippen molar-refractivity contribution in [2.45, 2.75) is 20.3 Å². The van der Waals surface area contributed by atoms with Crippen LogP contribution < -0.4 is 11.5 Å². The normalized spacial score (nSPS) is 10.0. The van der Waals surface area contributed by atoms with Gasteiger partial charge in [0.1, 0.15) is 0 Å². The first-order chi connectivity index (χ1) is 6.06. The average Bonchev–Trinajstić information content (AvgIpc) is 2.01. The molecule has 1 aromatic rings. The molecule has 0 radical (unpaired) electrons. The minimum absolute atomic E-state index is 0.180. The van der Waals surface area contributed by atoms with E-state index in [1.165, 1.54) is 0 Å². The molecule has 5 nitrogen and oxygen atoms in total. The molecule has 0 atom stereocenters. The van der Waals surface area contributed by atoms with Crippen molar-refractivity contribution in [1.29, 1.82) is 0 Å². The van der Waals surface area contributed by atoms with Crippen molar-refractivity contribution >= 4 is 11.9 Å². The number of aryl methyl sites for hydroxylation is 2. The van der Waals surface area contributed by atoms with Gasteiger partial charge in [-0.2, -0.15) is 0 Å². The predicted molar refractivity (Wildman–Crippen MR) is 49.1 cm³/mol. The third-order valence-corrected chi connectivity index (χ3v) is 1.76. The number of amides is 1. The number of nitrogens with zero attached hydrogens (tertiary/aromatic N) is 2. The maximum atomic E-state index is 11.0. The highest BCUT2D eigenvalue weighted by Gasteiger charge is 2.13. The van der Waals surface area contributed by atoms with Gasteiger partial charge in [-0.05, 0) is 13.3 Å². The van der Waals surface area contributed by atoms with Crippen LogP contribution in [0.2, 0.25) is 0 Å². The predicted octanol–water partition coefficient (Wildman–Crippen LogP) is 0.0285. The van der Waals surface area contributed by atoms with E-state index in [4.69, 9.17) is 11.5 Å². The van der Waals surface area contributed by atoms with Crippen LogP contribution in [0.15, 0.2) is 0 Å². The monoisotopic (exact) mass is 180 g/mol. The summed E-state index contributed by atoms with van der Waals surface area (Å²) >= 11 is 0. The maximum absolute atomic E-state index is 11.0. The van der Waals surface area contributed by atoms with Gasteiger partial charge in [0, 0.05) is 0 Å². The molecule has 0 aliphatic heterocycles. The lowest BCUT2D eigenvalue weighted by Gasteiger charge is -2.06. The number of hydrogen-bond acceptors (Lipinski definition) is 4. The summed E-state index contributed by atoms with van der Waals surface area (Å²) in [6, 6.07) is 0. The minimum atomic E-state index is -0.505. The SMILES string of the molecule is CCc1nc(N)nc(C)c1C(N)=O. The van der Waals surface area contributed by atoms with Crippen LogP contribution in [-0.4, -0.2) is 15.9 Å². The van der Waals surface area contributed by atoms with Crippen LogP contribution in [0.4, 0.5) is 5.95 Å². The van der Waals surface area contributed by atoms with E-state index in [2.05, 4.69) is 9.97 Å². The molecule has 4 N–H and O–H groups in total. The van der Waals surface area contributed by atoms with Crippen molar-refractivity contribution in [3.63, 3.8) is 0 Å². The molecule has 1 heterocycles. The van der Waals surface area contributed by atoms with Crippen molar-refractivity contribution in [3.8, 4) is 0 Å². The Morgan fingerprint density at radius 2 is 2.08 bits per heavy atom. The zero-order valence-electron chi connectivity index (χ0n) is 7.66. The number of primary amides is 1.